The molecule has 2 aliphatic heterocycles. The Kier molecular flexibility index (Phi) is 8.26. The third kappa shape index (κ3) is 6.01. The minimum Gasteiger partial charge on any atom is -0.367 e. The number of anilines is 1. The van der Waals surface area contributed by atoms with Gasteiger partial charge in [0.1, 0.15) is 11.8 Å². The fourth-order valence-electron chi connectivity index (χ4n) is 4.99. The zero-order valence-corrected chi connectivity index (χ0v) is 21.8. The Morgan fingerprint density at radius 2 is 1.45 bits per heavy atom. The van der Waals surface area contributed by atoms with Crippen molar-refractivity contribution >= 4 is 23.2 Å². The summed E-state index contributed by atoms with van der Waals surface area (Å²) < 4.78 is 6.38. The molecule has 7 heteroatoms. The molecule has 7 nitrogen and oxygen atoms in total. The number of hydrogen-bond donors (Lipinski definition) is 0. The first-order chi connectivity index (χ1) is 18.6. The highest BCUT2D eigenvalue weighted by atomic mass is 16.5. The molecule has 1 saturated heterocycles. The van der Waals surface area contributed by atoms with Gasteiger partial charge in [-0.3, -0.25) is 14.5 Å². The van der Waals surface area contributed by atoms with Crippen molar-refractivity contribution in [2.75, 3.05) is 44.3 Å². The largest absolute Gasteiger partial charge is 0.367 e. The molecule has 3 aromatic carbocycles. The van der Waals surface area contributed by atoms with E-state index in [0.717, 1.165) is 42.0 Å². The first kappa shape index (κ1) is 25.8. The van der Waals surface area contributed by atoms with E-state index in [1.807, 2.05) is 72.5 Å². The lowest BCUT2D eigenvalue weighted by Crippen LogP contribution is -2.52. The van der Waals surface area contributed by atoms with Gasteiger partial charge in [-0.15, -0.1) is 0 Å². The number of nitrogens with zero attached hydrogens (tertiary/aromatic N) is 4. The van der Waals surface area contributed by atoms with Gasteiger partial charge in [-0.25, -0.2) is 5.01 Å². The van der Waals surface area contributed by atoms with E-state index in [2.05, 4.69) is 34.3 Å². The van der Waals surface area contributed by atoms with Gasteiger partial charge in [0.25, 0.3) is 5.91 Å². The summed E-state index contributed by atoms with van der Waals surface area (Å²) in [6.45, 7) is 6.18. The van der Waals surface area contributed by atoms with Crippen molar-refractivity contribution in [3.05, 3.63) is 102 Å². The van der Waals surface area contributed by atoms with E-state index in [-0.39, 0.29) is 17.9 Å². The molecule has 196 valence electrons. The van der Waals surface area contributed by atoms with Crippen LogP contribution in [0.2, 0.25) is 0 Å². The molecule has 0 aromatic heterocycles. The predicted molar refractivity (Wildman–Crippen MR) is 149 cm³/mol. The Balaban J connectivity index is 1.15. The van der Waals surface area contributed by atoms with E-state index >= 15 is 0 Å². The Bertz CT molecular complexity index is 1230. The number of hydrogen-bond acceptors (Lipinski definition) is 5. The fraction of sp³-hybridized carbons (Fsp3) is 0.323. The molecular weight excluding hydrogens is 476 g/mol. The van der Waals surface area contributed by atoms with Crippen molar-refractivity contribution in [1.82, 2.24) is 9.80 Å². The third-order valence-corrected chi connectivity index (χ3v) is 7.18. The fourth-order valence-corrected chi connectivity index (χ4v) is 4.99. The van der Waals surface area contributed by atoms with Crippen LogP contribution in [-0.2, 0) is 14.3 Å². The molecule has 3 aromatic rings. The van der Waals surface area contributed by atoms with Crippen LogP contribution in [0.1, 0.15) is 35.6 Å². The first-order valence-electron chi connectivity index (χ1n) is 13.3. The average Bonchev–Trinajstić information content (AvgIpc) is 2.97. The van der Waals surface area contributed by atoms with Gasteiger partial charge in [0.2, 0.25) is 5.91 Å². The average molecular weight is 511 g/mol. The first-order valence-corrected chi connectivity index (χ1v) is 13.3. The highest BCUT2D eigenvalue weighted by molar-refractivity contribution is 6.40. The van der Waals surface area contributed by atoms with Gasteiger partial charge in [-0.05, 0) is 29.7 Å². The van der Waals surface area contributed by atoms with Crippen LogP contribution in [0.15, 0.2) is 90.0 Å². The minimum absolute atomic E-state index is 0.0693. The molecule has 0 radical (unpaired) electrons. The number of amides is 2. The van der Waals surface area contributed by atoms with Gasteiger partial charge < -0.3 is 9.64 Å². The predicted octanol–water partition coefficient (Wildman–Crippen LogP) is 4.43. The molecule has 0 atom stereocenters. The van der Waals surface area contributed by atoms with Crippen molar-refractivity contribution in [3.8, 4) is 0 Å². The molecule has 2 amide bonds. The summed E-state index contributed by atoms with van der Waals surface area (Å²) in [5, 5.41) is 5.89. The Morgan fingerprint density at radius 3 is 2.08 bits per heavy atom. The number of rotatable bonds is 8. The summed E-state index contributed by atoms with van der Waals surface area (Å²) in [5.74, 6) is -0.148. The molecule has 0 unspecified atom stereocenters. The van der Waals surface area contributed by atoms with Gasteiger partial charge in [0.05, 0.1) is 12.3 Å². The van der Waals surface area contributed by atoms with Gasteiger partial charge in [0, 0.05) is 45.6 Å². The summed E-state index contributed by atoms with van der Waals surface area (Å²) in [5.41, 5.74) is 4.42. The highest BCUT2D eigenvalue weighted by Crippen LogP contribution is 2.26. The van der Waals surface area contributed by atoms with Crippen molar-refractivity contribution in [2.24, 2.45) is 5.10 Å². The van der Waals surface area contributed by atoms with Crippen LogP contribution in [0.3, 0.4) is 0 Å². The van der Waals surface area contributed by atoms with Crippen molar-refractivity contribution in [2.45, 2.75) is 25.9 Å². The van der Waals surface area contributed by atoms with Crippen molar-refractivity contribution < 1.29 is 14.3 Å². The van der Waals surface area contributed by atoms with Crippen LogP contribution < -0.4 is 5.01 Å². The molecule has 2 aliphatic rings. The second-order valence-corrected chi connectivity index (χ2v) is 9.74. The Labute approximate surface area is 224 Å². The second kappa shape index (κ2) is 12.2. The number of para-hydroxylation sites is 1. The van der Waals surface area contributed by atoms with E-state index in [0.29, 0.717) is 38.2 Å². The Hall–Kier alpha value is -3.81. The van der Waals surface area contributed by atoms with Crippen LogP contribution in [0.5, 0.6) is 0 Å². The topological polar surface area (TPSA) is 65.5 Å². The number of piperazine rings is 1. The highest BCUT2D eigenvalue weighted by Gasteiger charge is 2.30. The van der Waals surface area contributed by atoms with Crippen LogP contribution in [-0.4, -0.2) is 66.7 Å². The maximum atomic E-state index is 13.3. The molecule has 38 heavy (non-hydrogen) atoms. The van der Waals surface area contributed by atoms with E-state index in [1.165, 1.54) is 5.01 Å². The number of carbonyl (C=O) groups excluding carboxylic acids is 2. The standard InChI is InChI=1S/C31H34N4O3/c1-24-10-8-9-15-28(24)35-29(36)17-16-27(32-35)31(37)34-20-18-33(19-21-34)22-23-38-30(25-11-4-2-5-12-25)26-13-6-3-7-14-26/h2-15,30H,16-23H2,1H3. The van der Waals surface area contributed by atoms with E-state index in [1.54, 1.807) is 0 Å². The van der Waals surface area contributed by atoms with Crippen LogP contribution in [0.25, 0.3) is 0 Å². The zero-order valence-electron chi connectivity index (χ0n) is 21.8. The molecule has 2 heterocycles. The molecule has 1 fully saturated rings. The second-order valence-electron chi connectivity index (χ2n) is 9.74. The lowest BCUT2D eigenvalue weighted by molar-refractivity contribution is -0.126. The van der Waals surface area contributed by atoms with Crippen molar-refractivity contribution in [1.29, 1.82) is 0 Å². The van der Waals surface area contributed by atoms with E-state index in [9.17, 15) is 9.59 Å². The summed E-state index contributed by atoms with van der Waals surface area (Å²) in [6.07, 6.45) is 0.567. The number of hydrazone groups is 1. The van der Waals surface area contributed by atoms with Gasteiger partial charge in [-0.2, -0.15) is 5.10 Å². The molecular formula is C31H34N4O3. The number of ether oxygens (including phenoxy) is 1. The summed E-state index contributed by atoms with van der Waals surface area (Å²) in [6, 6.07) is 28.2. The van der Waals surface area contributed by atoms with Crippen molar-refractivity contribution in [3.63, 3.8) is 0 Å². The number of aryl methyl sites for hydroxylation is 1. The van der Waals surface area contributed by atoms with Crippen LogP contribution in [0.4, 0.5) is 5.69 Å². The maximum Gasteiger partial charge on any atom is 0.270 e. The molecule has 5 rings (SSSR count). The summed E-state index contributed by atoms with van der Waals surface area (Å²) in [4.78, 5) is 30.0. The SMILES string of the molecule is Cc1ccccc1N1N=C(C(=O)N2CCN(CCOC(c3ccccc3)c3ccccc3)CC2)CCC1=O. The molecule has 0 saturated carbocycles. The smallest absolute Gasteiger partial charge is 0.270 e. The van der Waals surface area contributed by atoms with E-state index < -0.39 is 0 Å². The zero-order chi connectivity index (χ0) is 26.3. The molecule has 0 N–H and O–H groups in total. The monoisotopic (exact) mass is 510 g/mol. The van der Waals surface area contributed by atoms with Gasteiger partial charge >= 0.3 is 0 Å². The number of carbonyl (C=O) groups is 2. The van der Waals surface area contributed by atoms with Crippen LogP contribution in [0, 0.1) is 6.92 Å². The lowest BCUT2D eigenvalue weighted by atomic mass is 10.0. The quantitative estimate of drug-likeness (QED) is 0.450. The van der Waals surface area contributed by atoms with E-state index in [4.69, 9.17) is 4.74 Å². The normalized spacial score (nSPS) is 16.6. The van der Waals surface area contributed by atoms with Gasteiger partial charge in [-0.1, -0.05) is 78.9 Å². The summed E-state index contributed by atoms with van der Waals surface area (Å²) in [7, 11) is 0. The number of benzene rings is 3. The minimum atomic E-state index is -0.108. The molecule has 0 spiro atoms. The Morgan fingerprint density at radius 1 is 0.842 bits per heavy atom. The molecule has 0 bridgehead atoms. The van der Waals surface area contributed by atoms with Crippen LogP contribution >= 0.6 is 0 Å². The third-order valence-electron chi connectivity index (χ3n) is 7.18. The van der Waals surface area contributed by atoms with Gasteiger partial charge in [0.15, 0.2) is 0 Å². The summed E-state index contributed by atoms with van der Waals surface area (Å²) >= 11 is 0. The lowest BCUT2D eigenvalue weighted by Gasteiger charge is -2.35. The molecule has 0 aliphatic carbocycles. The maximum absolute atomic E-state index is 13.3.